The van der Waals surface area contributed by atoms with Crippen molar-refractivity contribution in [3.63, 3.8) is 0 Å². The molecule has 1 amide bonds. The minimum Gasteiger partial charge on any atom is -0.390 e. The van der Waals surface area contributed by atoms with Crippen LogP contribution in [0.25, 0.3) is 0 Å². The zero-order valence-corrected chi connectivity index (χ0v) is 15.4. The predicted octanol–water partition coefficient (Wildman–Crippen LogP) is 1.25. The third kappa shape index (κ3) is 6.62. The number of nitrogens with two attached hydrogens (primary N) is 1. The van der Waals surface area contributed by atoms with Crippen LogP contribution < -0.4 is 21.9 Å². The second kappa shape index (κ2) is 8.93. The summed E-state index contributed by atoms with van der Waals surface area (Å²) in [5.41, 5.74) is 3.07. The Balaban J connectivity index is 5.35. The number of carbonyl (C=O) groups excluding carboxylic acids is 1. The van der Waals surface area contributed by atoms with Gasteiger partial charge in [-0.05, 0) is 17.8 Å². The van der Waals surface area contributed by atoms with Gasteiger partial charge in [-0.3, -0.25) is 10.6 Å². The Labute approximate surface area is 140 Å². The molecule has 0 rings (SSSR count). The van der Waals surface area contributed by atoms with Crippen molar-refractivity contribution in [2.24, 2.45) is 23.1 Å². The summed E-state index contributed by atoms with van der Waals surface area (Å²) in [4.78, 5) is 12.8. The smallest absolute Gasteiger partial charge is 0.226 e. The van der Waals surface area contributed by atoms with E-state index in [1.807, 2.05) is 34.6 Å². The predicted molar refractivity (Wildman–Crippen MR) is 95.0 cm³/mol. The van der Waals surface area contributed by atoms with Crippen LogP contribution in [0.4, 0.5) is 0 Å². The highest BCUT2D eigenvalue weighted by atomic mass is 16.3. The third-order valence-electron chi connectivity index (χ3n) is 3.81. The van der Waals surface area contributed by atoms with Crippen LogP contribution in [-0.4, -0.2) is 30.2 Å². The highest BCUT2D eigenvalue weighted by Crippen LogP contribution is 2.25. The summed E-state index contributed by atoms with van der Waals surface area (Å²) in [6.45, 7) is 17.7. The molecule has 0 aromatic heterocycles. The number of nitrogens with one attached hydrogen (secondary N) is 3. The zero-order chi connectivity index (χ0) is 18.4. The van der Waals surface area contributed by atoms with Crippen molar-refractivity contribution in [3.8, 4) is 0 Å². The molecule has 3 atom stereocenters. The maximum absolute atomic E-state index is 12.8. The number of rotatable bonds is 9. The van der Waals surface area contributed by atoms with Gasteiger partial charge < -0.3 is 21.2 Å². The number of aliphatic hydroxyl groups is 1. The van der Waals surface area contributed by atoms with E-state index < -0.39 is 12.0 Å². The lowest BCUT2D eigenvalue weighted by Crippen LogP contribution is -2.51. The summed E-state index contributed by atoms with van der Waals surface area (Å²) in [5.74, 6) is 4.69. The van der Waals surface area contributed by atoms with E-state index in [-0.39, 0.29) is 29.0 Å². The minimum absolute atomic E-state index is 0.216. The van der Waals surface area contributed by atoms with Crippen molar-refractivity contribution in [2.75, 3.05) is 7.05 Å². The monoisotopic (exact) mass is 326 g/mol. The molecule has 6 heteroatoms. The highest BCUT2D eigenvalue weighted by molar-refractivity contribution is 5.80. The molecule has 0 aromatic carbocycles. The van der Waals surface area contributed by atoms with E-state index in [4.69, 9.17) is 5.84 Å². The van der Waals surface area contributed by atoms with Crippen molar-refractivity contribution in [2.45, 2.75) is 53.2 Å². The summed E-state index contributed by atoms with van der Waals surface area (Å²) < 4.78 is 0. The molecule has 23 heavy (non-hydrogen) atoms. The van der Waals surface area contributed by atoms with Crippen molar-refractivity contribution in [3.05, 3.63) is 24.6 Å². The molecule has 0 aliphatic heterocycles. The van der Waals surface area contributed by atoms with Crippen molar-refractivity contribution >= 4 is 5.91 Å². The molecule has 0 aliphatic carbocycles. The van der Waals surface area contributed by atoms with Crippen LogP contribution in [0.15, 0.2) is 24.6 Å². The number of aliphatic hydroxyl groups excluding tert-OH is 1. The van der Waals surface area contributed by atoms with E-state index in [1.165, 1.54) is 0 Å². The Morgan fingerprint density at radius 2 is 1.74 bits per heavy atom. The molecule has 0 fully saturated rings. The Bertz CT molecular complexity index is 427. The lowest BCUT2D eigenvalue weighted by molar-refractivity contribution is -0.129. The van der Waals surface area contributed by atoms with E-state index in [1.54, 1.807) is 7.05 Å². The minimum atomic E-state index is -1.05. The number of hydrogen-bond donors (Lipinski definition) is 5. The van der Waals surface area contributed by atoms with Crippen LogP contribution in [-0.2, 0) is 4.79 Å². The molecule has 0 spiro atoms. The van der Waals surface area contributed by atoms with Gasteiger partial charge in [-0.2, -0.15) is 0 Å². The molecule has 0 aromatic rings. The lowest BCUT2D eigenvalue weighted by atomic mass is 9.83. The number of hydrogen-bond acceptors (Lipinski definition) is 5. The maximum atomic E-state index is 12.8. The Morgan fingerprint density at radius 1 is 1.22 bits per heavy atom. The normalized spacial score (nSPS) is 15.5. The summed E-state index contributed by atoms with van der Waals surface area (Å²) in [7, 11) is 1.77. The molecular weight excluding hydrogens is 292 g/mol. The van der Waals surface area contributed by atoms with Crippen LogP contribution >= 0.6 is 0 Å². The van der Waals surface area contributed by atoms with E-state index >= 15 is 0 Å². The SMILES string of the molecule is C=C(NN)C(O)C(CC(C)C)C(=O)NC(C(=C)NC)C(C)(C)C. The summed E-state index contributed by atoms with van der Waals surface area (Å²) in [6.07, 6.45) is -0.526. The highest BCUT2D eigenvalue weighted by Gasteiger charge is 2.34. The van der Waals surface area contributed by atoms with Crippen molar-refractivity contribution in [1.82, 2.24) is 16.1 Å². The number of hydrazine groups is 1. The van der Waals surface area contributed by atoms with Crippen molar-refractivity contribution < 1.29 is 9.90 Å². The van der Waals surface area contributed by atoms with Gasteiger partial charge in [-0.1, -0.05) is 47.8 Å². The second-order valence-corrected chi connectivity index (χ2v) is 7.43. The molecule has 0 heterocycles. The first-order valence-electron chi connectivity index (χ1n) is 7.96. The van der Waals surface area contributed by atoms with Gasteiger partial charge >= 0.3 is 0 Å². The molecule has 0 saturated heterocycles. The summed E-state index contributed by atoms with van der Waals surface area (Å²) in [6, 6.07) is -0.263. The Morgan fingerprint density at radius 3 is 2.09 bits per heavy atom. The molecule has 0 aliphatic rings. The number of likely N-dealkylation sites (N-methyl/N-ethyl adjacent to an activating group) is 1. The Kier molecular flexibility index (Phi) is 8.34. The van der Waals surface area contributed by atoms with Gasteiger partial charge in [0.2, 0.25) is 5.91 Å². The summed E-state index contributed by atoms with van der Waals surface area (Å²) in [5, 5.41) is 16.4. The van der Waals surface area contributed by atoms with E-state index in [0.717, 1.165) is 5.70 Å². The van der Waals surface area contributed by atoms with Gasteiger partial charge in [-0.15, -0.1) is 0 Å². The van der Waals surface area contributed by atoms with E-state index in [0.29, 0.717) is 6.42 Å². The molecule has 134 valence electrons. The third-order valence-corrected chi connectivity index (χ3v) is 3.81. The van der Waals surface area contributed by atoms with E-state index in [9.17, 15) is 9.90 Å². The first-order valence-corrected chi connectivity index (χ1v) is 7.96. The van der Waals surface area contributed by atoms with Gasteiger partial charge in [0.15, 0.2) is 0 Å². The maximum Gasteiger partial charge on any atom is 0.226 e. The van der Waals surface area contributed by atoms with Crippen LogP contribution in [0.5, 0.6) is 0 Å². The van der Waals surface area contributed by atoms with Crippen LogP contribution in [0, 0.1) is 17.3 Å². The number of amides is 1. The fraction of sp³-hybridized carbons (Fsp3) is 0.706. The van der Waals surface area contributed by atoms with Gasteiger partial charge in [0.1, 0.15) is 6.10 Å². The first-order chi connectivity index (χ1) is 10.4. The summed E-state index contributed by atoms with van der Waals surface area (Å²) >= 11 is 0. The van der Waals surface area contributed by atoms with Gasteiger partial charge in [-0.25, -0.2) is 0 Å². The van der Waals surface area contributed by atoms with Gasteiger partial charge in [0.05, 0.1) is 12.0 Å². The van der Waals surface area contributed by atoms with E-state index in [2.05, 4.69) is 29.2 Å². The molecule has 0 bridgehead atoms. The molecular formula is C17H34N4O2. The molecule has 3 unspecified atom stereocenters. The van der Waals surface area contributed by atoms with Crippen LogP contribution in [0.3, 0.4) is 0 Å². The molecule has 6 nitrogen and oxygen atoms in total. The average Bonchev–Trinajstić information content (AvgIpc) is 2.46. The fourth-order valence-electron chi connectivity index (χ4n) is 2.44. The quantitative estimate of drug-likeness (QED) is 0.324. The van der Waals surface area contributed by atoms with Crippen LogP contribution in [0.2, 0.25) is 0 Å². The van der Waals surface area contributed by atoms with Gasteiger partial charge in [0.25, 0.3) is 0 Å². The zero-order valence-electron chi connectivity index (χ0n) is 15.4. The Hall–Kier alpha value is -1.53. The molecule has 6 N–H and O–H groups in total. The fourth-order valence-corrected chi connectivity index (χ4v) is 2.44. The lowest BCUT2D eigenvalue weighted by Gasteiger charge is -2.35. The largest absolute Gasteiger partial charge is 0.390 e. The molecule has 0 radical (unpaired) electrons. The first kappa shape index (κ1) is 21.5. The van der Waals surface area contributed by atoms with Gasteiger partial charge in [0, 0.05) is 18.4 Å². The molecule has 0 saturated carbocycles. The van der Waals surface area contributed by atoms with Crippen molar-refractivity contribution in [1.29, 1.82) is 0 Å². The topological polar surface area (TPSA) is 99.4 Å². The second-order valence-electron chi connectivity index (χ2n) is 7.43. The standard InChI is InChI=1S/C17H34N4O2/c1-10(2)9-13(14(22)11(3)21-18)16(23)20-15(12(4)19-8)17(5,6)7/h10,13-15,19,21-22H,3-4,9,18H2,1-2,5-8H3,(H,20,23). The number of carbonyl (C=O) groups is 1. The van der Waals surface area contributed by atoms with Crippen LogP contribution in [0.1, 0.15) is 41.0 Å². The average molecular weight is 326 g/mol.